The molecule has 1 atom stereocenters. The van der Waals surface area contributed by atoms with Gasteiger partial charge >= 0.3 is 0 Å². The van der Waals surface area contributed by atoms with Crippen LogP contribution in [-0.2, 0) is 27.9 Å². The van der Waals surface area contributed by atoms with E-state index in [0.717, 1.165) is 53.1 Å². The van der Waals surface area contributed by atoms with E-state index in [1.54, 1.807) is 29.2 Å². The van der Waals surface area contributed by atoms with Crippen molar-refractivity contribution < 1.29 is 14.3 Å². The van der Waals surface area contributed by atoms with Crippen molar-refractivity contribution in [2.45, 2.75) is 30.6 Å². The predicted octanol–water partition coefficient (Wildman–Crippen LogP) is 2.61. The number of carbonyl (C=O) groups excluding carboxylic acids is 1. The highest BCUT2D eigenvalue weighted by Gasteiger charge is 2.26. The van der Waals surface area contributed by atoms with Crippen LogP contribution >= 0.6 is 11.8 Å². The van der Waals surface area contributed by atoms with E-state index in [1.807, 2.05) is 43.2 Å². The second-order valence-electron chi connectivity index (χ2n) is 9.56. The van der Waals surface area contributed by atoms with E-state index in [2.05, 4.69) is 32.2 Å². The number of carbonyl (C=O) groups is 1. The molecule has 0 spiro atoms. The summed E-state index contributed by atoms with van der Waals surface area (Å²) < 4.78 is 14.2. The van der Waals surface area contributed by atoms with Crippen molar-refractivity contribution in [1.29, 1.82) is 0 Å². The fourth-order valence-corrected chi connectivity index (χ4v) is 5.30. The number of aryl methyl sites for hydroxylation is 1. The number of amidine groups is 1. The molecule has 38 heavy (non-hydrogen) atoms. The largest absolute Gasteiger partial charge is 0.494 e. The molecule has 0 radical (unpaired) electrons. The first-order valence-corrected chi connectivity index (χ1v) is 13.7. The number of aromatic nitrogens is 3. The molecular weight excluding hydrogens is 504 g/mol. The smallest absolute Gasteiger partial charge is 0.248 e. The molecule has 11 nitrogen and oxygen atoms in total. The van der Waals surface area contributed by atoms with Crippen molar-refractivity contribution in [2.24, 2.45) is 17.0 Å². The molecule has 2 aliphatic heterocycles. The molecule has 0 saturated carbocycles. The molecule has 1 unspecified atom stereocenters. The molecule has 1 aliphatic carbocycles. The van der Waals surface area contributed by atoms with Crippen LogP contribution in [0.15, 0.2) is 57.3 Å². The quantitative estimate of drug-likeness (QED) is 0.445. The summed E-state index contributed by atoms with van der Waals surface area (Å²) in [6, 6.07) is 0. The number of allylic oxidation sites excluding steroid dienone is 2. The summed E-state index contributed by atoms with van der Waals surface area (Å²) in [6.45, 7) is 2.74. The van der Waals surface area contributed by atoms with Gasteiger partial charge in [-0.25, -0.2) is 15.0 Å². The third kappa shape index (κ3) is 6.20. The normalized spacial score (nSPS) is 22.2. The van der Waals surface area contributed by atoms with E-state index in [4.69, 9.17) is 14.5 Å². The van der Waals surface area contributed by atoms with Gasteiger partial charge in [0.15, 0.2) is 11.0 Å². The number of likely N-dealkylation sites (N-methyl/N-ethyl adjacent to an activating group) is 1. The molecule has 0 fully saturated rings. The molecule has 2 N–H and O–H groups in total. The number of nitrogens with one attached hydrogen (secondary N) is 2. The Bertz CT molecular complexity index is 1280. The number of aliphatic imine (C=N–C) groups is 2. The summed E-state index contributed by atoms with van der Waals surface area (Å²) in [6.07, 6.45) is 12.1. The molecular formula is C26H34N8O3S. The SMILES string of the molecule is CN1CCCN(C)C(=O)COC2CC(=CC=C2OCCSc2nccn2C)/N=C2\N=CNc3[nH]cc(c32)C1. The number of ether oxygens (including phenoxy) is 2. The van der Waals surface area contributed by atoms with Crippen LogP contribution in [0.4, 0.5) is 5.82 Å². The van der Waals surface area contributed by atoms with Crippen LogP contribution in [0.5, 0.6) is 0 Å². The molecule has 0 aromatic carbocycles. The highest BCUT2D eigenvalue weighted by molar-refractivity contribution is 7.99. The van der Waals surface area contributed by atoms with Crippen molar-refractivity contribution >= 4 is 35.7 Å². The Morgan fingerprint density at radius 1 is 1.24 bits per heavy atom. The number of imidazole rings is 1. The number of anilines is 1. The number of fused-ring (bicyclic) bond motifs is 2. The topological polar surface area (TPSA) is 112 Å². The zero-order chi connectivity index (χ0) is 26.5. The summed E-state index contributed by atoms with van der Waals surface area (Å²) in [5, 5.41) is 4.13. The first kappa shape index (κ1) is 26.3. The number of hydrogen-bond donors (Lipinski definition) is 2. The van der Waals surface area contributed by atoms with Crippen LogP contribution in [0.25, 0.3) is 0 Å². The van der Waals surface area contributed by atoms with Gasteiger partial charge in [-0.05, 0) is 37.7 Å². The third-order valence-electron chi connectivity index (χ3n) is 6.65. The molecule has 3 aliphatic rings. The third-order valence-corrected chi connectivity index (χ3v) is 7.67. The van der Waals surface area contributed by atoms with Crippen LogP contribution in [0.2, 0.25) is 0 Å². The molecule has 12 heteroatoms. The number of amides is 1. The Morgan fingerprint density at radius 2 is 2.13 bits per heavy atom. The average molecular weight is 539 g/mol. The standard InChI is InChI=1S/C26H34N8O3S/c1-32-8-4-9-33(2)22(35)16-37-21-13-19(31-25-23-18(15-32)14-28-24(23)29-17-30-25)5-6-20(21)36-11-12-38-26-27-7-10-34(26)3/h5-7,10,14,17,21H,4,8-9,11-13,15-16H2,1-3H3,(H2,28,29,30,31). The number of thioether (sulfide) groups is 1. The minimum absolute atomic E-state index is 0.0161. The van der Waals surface area contributed by atoms with Gasteiger partial charge in [0.05, 0.1) is 18.5 Å². The monoisotopic (exact) mass is 538 g/mol. The van der Waals surface area contributed by atoms with Crippen molar-refractivity contribution in [3.63, 3.8) is 0 Å². The first-order valence-electron chi connectivity index (χ1n) is 12.7. The summed E-state index contributed by atoms with van der Waals surface area (Å²) >= 11 is 1.63. The zero-order valence-corrected chi connectivity index (χ0v) is 22.8. The van der Waals surface area contributed by atoms with Gasteiger partial charge in [-0.3, -0.25) is 4.79 Å². The van der Waals surface area contributed by atoms with E-state index >= 15 is 0 Å². The van der Waals surface area contributed by atoms with Gasteiger partial charge in [-0.1, -0.05) is 11.8 Å². The molecule has 2 bridgehead atoms. The molecule has 1 amide bonds. The zero-order valence-electron chi connectivity index (χ0n) is 22.0. The molecule has 0 saturated heterocycles. The van der Waals surface area contributed by atoms with Gasteiger partial charge < -0.3 is 34.1 Å². The first-order chi connectivity index (χ1) is 18.5. The lowest BCUT2D eigenvalue weighted by Gasteiger charge is -2.26. The second kappa shape index (κ2) is 12.0. The average Bonchev–Trinajstić information content (AvgIpc) is 3.51. The van der Waals surface area contributed by atoms with E-state index in [9.17, 15) is 4.79 Å². The summed E-state index contributed by atoms with van der Waals surface area (Å²) in [7, 11) is 5.88. The maximum atomic E-state index is 12.8. The van der Waals surface area contributed by atoms with Crippen molar-refractivity contribution in [3.8, 4) is 0 Å². The fraction of sp³-hybridized carbons (Fsp3) is 0.462. The van der Waals surface area contributed by atoms with Crippen molar-refractivity contribution in [2.75, 3.05) is 51.5 Å². The Kier molecular flexibility index (Phi) is 8.30. The van der Waals surface area contributed by atoms with E-state index in [0.29, 0.717) is 31.2 Å². The van der Waals surface area contributed by atoms with Gasteiger partial charge in [-0.15, -0.1) is 0 Å². The van der Waals surface area contributed by atoms with Crippen LogP contribution < -0.4 is 5.32 Å². The van der Waals surface area contributed by atoms with Gasteiger partial charge in [0, 0.05) is 63.6 Å². The summed E-state index contributed by atoms with van der Waals surface area (Å²) in [4.78, 5) is 33.9. The molecule has 5 rings (SSSR count). The Balaban J connectivity index is 1.37. The highest BCUT2D eigenvalue weighted by Crippen LogP contribution is 2.29. The Labute approximate surface area is 226 Å². The summed E-state index contributed by atoms with van der Waals surface area (Å²) in [5.41, 5.74) is 2.92. The lowest BCUT2D eigenvalue weighted by atomic mass is 10.1. The van der Waals surface area contributed by atoms with Crippen molar-refractivity contribution in [3.05, 3.63) is 53.3 Å². The molecule has 4 heterocycles. The van der Waals surface area contributed by atoms with Gasteiger partial charge in [0.25, 0.3) is 0 Å². The van der Waals surface area contributed by atoms with Crippen LogP contribution in [-0.4, -0.2) is 94.7 Å². The number of H-pyrrole nitrogens is 1. The number of rotatable bonds is 5. The maximum Gasteiger partial charge on any atom is 0.248 e. The van der Waals surface area contributed by atoms with E-state index in [-0.39, 0.29) is 12.5 Å². The number of hydrogen-bond acceptors (Lipinski definition) is 9. The van der Waals surface area contributed by atoms with Gasteiger partial charge in [0.1, 0.15) is 24.3 Å². The van der Waals surface area contributed by atoms with Gasteiger partial charge in [0.2, 0.25) is 5.91 Å². The molecule has 202 valence electrons. The van der Waals surface area contributed by atoms with Crippen LogP contribution in [0.3, 0.4) is 0 Å². The molecule has 2 aromatic rings. The second-order valence-corrected chi connectivity index (χ2v) is 10.6. The minimum Gasteiger partial charge on any atom is -0.494 e. The van der Waals surface area contributed by atoms with Crippen LogP contribution in [0, 0.1) is 0 Å². The lowest BCUT2D eigenvalue weighted by molar-refractivity contribution is -0.137. The Hall–Kier alpha value is -3.35. The summed E-state index contributed by atoms with van der Waals surface area (Å²) in [5.74, 6) is 2.94. The Morgan fingerprint density at radius 3 is 2.97 bits per heavy atom. The minimum atomic E-state index is -0.412. The van der Waals surface area contributed by atoms with Crippen molar-refractivity contribution in [1.82, 2.24) is 24.3 Å². The lowest BCUT2D eigenvalue weighted by Crippen LogP contribution is -2.35. The van der Waals surface area contributed by atoms with E-state index in [1.165, 1.54) is 0 Å². The highest BCUT2D eigenvalue weighted by atomic mass is 32.2. The maximum absolute atomic E-state index is 12.8. The van der Waals surface area contributed by atoms with Crippen LogP contribution in [0.1, 0.15) is 24.0 Å². The molecule has 2 aromatic heterocycles. The fourth-order valence-electron chi connectivity index (χ4n) is 4.55. The number of nitrogens with zero attached hydrogens (tertiary/aromatic N) is 6. The number of aromatic amines is 1. The predicted molar refractivity (Wildman–Crippen MR) is 148 cm³/mol. The van der Waals surface area contributed by atoms with E-state index < -0.39 is 6.10 Å². The van der Waals surface area contributed by atoms with Gasteiger partial charge in [-0.2, -0.15) is 0 Å².